The van der Waals surface area contributed by atoms with Gasteiger partial charge in [-0.1, -0.05) is 36.4 Å². The molecule has 0 aliphatic rings. The van der Waals surface area contributed by atoms with E-state index in [0.717, 1.165) is 35.1 Å². The van der Waals surface area contributed by atoms with Gasteiger partial charge in [0.2, 0.25) is 5.91 Å². The molecule has 0 unspecified atom stereocenters. The lowest BCUT2D eigenvalue weighted by molar-refractivity contribution is -0.117. The Bertz CT molecular complexity index is 1290. The number of anilines is 2. The molecule has 0 radical (unpaired) electrons. The van der Waals surface area contributed by atoms with Crippen molar-refractivity contribution in [2.75, 3.05) is 23.3 Å². The zero-order valence-corrected chi connectivity index (χ0v) is 18.3. The molecule has 0 bridgehead atoms. The Kier molecular flexibility index (Phi) is 6.31. The predicted molar refractivity (Wildman–Crippen MR) is 130 cm³/mol. The second kappa shape index (κ2) is 9.47. The quantitative estimate of drug-likeness (QED) is 0.471. The first-order chi connectivity index (χ1) is 15.6. The van der Waals surface area contributed by atoms with E-state index < -0.39 is 0 Å². The van der Waals surface area contributed by atoms with Gasteiger partial charge in [-0.05, 0) is 61.0 Å². The Hall–Kier alpha value is -3.93. The number of rotatable bonds is 7. The van der Waals surface area contributed by atoms with Crippen molar-refractivity contribution in [3.8, 4) is 11.3 Å². The molecule has 1 heterocycles. The molecule has 0 atom stereocenters. The van der Waals surface area contributed by atoms with Gasteiger partial charge in [-0.3, -0.25) is 9.59 Å². The lowest BCUT2D eigenvalue weighted by Crippen LogP contribution is -2.29. The second-order valence-electron chi connectivity index (χ2n) is 7.54. The van der Waals surface area contributed by atoms with E-state index in [-0.39, 0.29) is 18.0 Å². The molecule has 0 saturated heterocycles. The molecule has 3 aromatic carbocycles. The van der Waals surface area contributed by atoms with Gasteiger partial charge in [-0.2, -0.15) is 5.10 Å². The van der Waals surface area contributed by atoms with E-state index in [1.165, 1.54) is 10.7 Å². The van der Waals surface area contributed by atoms with Crippen molar-refractivity contribution < 1.29 is 4.79 Å². The summed E-state index contributed by atoms with van der Waals surface area (Å²) in [4.78, 5) is 27.1. The zero-order valence-electron chi connectivity index (χ0n) is 18.3. The van der Waals surface area contributed by atoms with Crippen LogP contribution in [0.4, 0.5) is 11.4 Å². The largest absolute Gasteiger partial charge is 0.372 e. The molecule has 0 saturated carbocycles. The number of nitrogens with one attached hydrogen (secondary N) is 1. The van der Waals surface area contributed by atoms with Crippen LogP contribution in [-0.4, -0.2) is 28.8 Å². The first-order valence-electron chi connectivity index (χ1n) is 10.8. The van der Waals surface area contributed by atoms with Gasteiger partial charge in [-0.15, -0.1) is 0 Å². The molecule has 4 rings (SSSR count). The second-order valence-corrected chi connectivity index (χ2v) is 7.54. The van der Waals surface area contributed by atoms with Crippen LogP contribution in [0, 0.1) is 0 Å². The average molecular weight is 427 g/mol. The standard InChI is InChI=1S/C26H26N4O2/c1-3-29(4-2)23-13-11-22(12-14-23)27-25(31)18-30-26(32)16-15-24(28-30)21-10-9-19-7-5-6-8-20(19)17-21/h5-17H,3-4,18H2,1-2H3,(H,27,31). The molecule has 32 heavy (non-hydrogen) atoms. The minimum absolute atomic E-state index is 0.155. The average Bonchev–Trinajstić information content (AvgIpc) is 2.82. The number of hydrogen-bond acceptors (Lipinski definition) is 4. The number of carbonyl (C=O) groups excluding carboxylic acids is 1. The van der Waals surface area contributed by atoms with Crippen LogP contribution in [0.5, 0.6) is 0 Å². The maximum absolute atomic E-state index is 12.6. The van der Waals surface area contributed by atoms with E-state index in [2.05, 4.69) is 29.2 Å². The molecule has 4 aromatic rings. The fraction of sp³-hybridized carbons (Fsp3) is 0.192. The maximum atomic E-state index is 12.6. The van der Waals surface area contributed by atoms with Crippen molar-refractivity contribution in [3.63, 3.8) is 0 Å². The van der Waals surface area contributed by atoms with Gasteiger partial charge in [0.25, 0.3) is 5.56 Å². The first kappa shape index (κ1) is 21.3. The SMILES string of the molecule is CCN(CC)c1ccc(NC(=O)Cn2nc(-c3ccc4ccccc4c3)ccc2=O)cc1. The van der Waals surface area contributed by atoms with Crippen molar-refractivity contribution in [1.82, 2.24) is 9.78 Å². The van der Waals surface area contributed by atoms with E-state index in [9.17, 15) is 9.59 Å². The summed E-state index contributed by atoms with van der Waals surface area (Å²) in [6, 6.07) is 24.9. The van der Waals surface area contributed by atoms with Gasteiger partial charge in [0.1, 0.15) is 6.54 Å². The van der Waals surface area contributed by atoms with Crippen molar-refractivity contribution in [3.05, 3.63) is 89.2 Å². The highest BCUT2D eigenvalue weighted by Crippen LogP contribution is 2.22. The van der Waals surface area contributed by atoms with Crippen LogP contribution in [0.15, 0.2) is 83.7 Å². The van der Waals surface area contributed by atoms with E-state index in [4.69, 9.17) is 0 Å². The molecule has 0 aliphatic heterocycles. The van der Waals surface area contributed by atoms with Gasteiger partial charge in [-0.25, -0.2) is 4.68 Å². The summed E-state index contributed by atoms with van der Waals surface area (Å²) < 4.78 is 1.20. The van der Waals surface area contributed by atoms with Crippen LogP contribution >= 0.6 is 0 Å². The Labute approximate surface area is 187 Å². The minimum Gasteiger partial charge on any atom is -0.372 e. The molecule has 0 spiro atoms. The number of amides is 1. The van der Waals surface area contributed by atoms with Gasteiger partial charge < -0.3 is 10.2 Å². The summed E-state index contributed by atoms with van der Waals surface area (Å²) >= 11 is 0. The zero-order chi connectivity index (χ0) is 22.5. The summed E-state index contributed by atoms with van der Waals surface area (Å²) in [7, 11) is 0. The molecule has 6 nitrogen and oxygen atoms in total. The fourth-order valence-corrected chi connectivity index (χ4v) is 3.75. The smallest absolute Gasteiger partial charge is 0.267 e. The van der Waals surface area contributed by atoms with Crippen LogP contribution in [0.3, 0.4) is 0 Å². The molecule has 0 aliphatic carbocycles. The Morgan fingerprint density at radius 3 is 2.34 bits per heavy atom. The number of hydrogen-bond donors (Lipinski definition) is 1. The van der Waals surface area contributed by atoms with Crippen LogP contribution < -0.4 is 15.8 Å². The summed E-state index contributed by atoms with van der Waals surface area (Å²) in [5.74, 6) is -0.300. The lowest BCUT2D eigenvalue weighted by atomic mass is 10.1. The van der Waals surface area contributed by atoms with E-state index in [1.807, 2.05) is 66.7 Å². The highest BCUT2D eigenvalue weighted by molar-refractivity contribution is 5.90. The topological polar surface area (TPSA) is 67.2 Å². The summed E-state index contributed by atoms with van der Waals surface area (Å²) in [5.41, 5.74) is 3.01. The Morgan fingerprint density at radius 1 is 0.906 bits per heavy atom. The van der Waals surface area contributed by atoms with Crippen LogP contribution in [0.1, 0.15) is 13.8 Å². The van der Waals surface area contributed by atoms with Gasteiger partial charge >= 0.3 is 0 Å². The third-order valence-corrected chi connectivity index (χ3v) is 5.48. The minimum atomic E-state index is -0.318. The number of carbonyl (C=O) groups is 1. The number of aromatic nitrogens is 2. The molecular formula is C26H26N4O2. The summed E-state index contributed by atoms with van der Waals surface area (Å²) in [6.07, 6.45) is 0. The van der Waals surface area contributed by atoms with Crippen molar-refractivity contribution in [2.45, 2.75) is 20.4 Å². The van der Waals surface area contributed by atoms with E-state index in [1.54, 1.807) is 6.07 Å². The van der Waals surface area contributed by atoms with Crippen molar-refractivity contribution >= 4 is 28.1 Å². The maximum Gasteiger partial charge on any atom is 0.267 e. The fourth-order valence-electron chi connectivity index (χ4n) is 3.75. The Balaban J connectivity index is 1.50. The van der Waals surface area contributed by atoms with Crippen molar-refractivity contribution in [1.29, 1.82) is 0 Å². The van der Waals surface area contributed by atoms with E-state index >= 15 is 0 Å². The summed E-state index contributed by atoms with van der Waals surface area (Å²) in [6.45, 7) is 5.90. The third kappa shape index (κ3) is 4.70. The van der Waals surface area contributed by atoms with E-state index in [0.29, 0.717) is 11.4 Å². The first-order valence-corrected chi connectivity index (χ1v) is 10.8. The number of fused-ring (bicyclic) bond motifs is 1. The van der Waals surface area contributed by atoms with Crippen molar-refractivity contribution in [2.24, 2.45) is 0 Å². The highest BCUT2D eigenvalue weighted by atomic mass is 16.2. The number of nitrogens with zero attached hydrogens (tertiary/aromatic N) is 3. The van der Waals surface area contributed by atoms with Crippen LogP contribution in [0.2, 0.25) is 0 Å². The molecule has 0 fully saturated rings. The molecule has 1 aromatic heterocycles. The highest BCUT2D eigenvalue weighted by Gasteiger charge is 2.10. The van der Waals surface area contributed by atoms with Gasteiger partial charge in [0, 0.05) is 36.1 Å². The van der Waals surface area contributed by atoms with Gasteiger partial charge in [0.05, 0.1) is 5.69 Å². The molecule has 162 valence electrons. The molecule has 1 N–H and O–H groups in total. The van der Waals surface area contributed by atoms with Crippen LogP contribution in [0.25, 0.3) is 22.0 Å². The monoisotopic (exact) mass is 426 g/mol. The summed E-state index contributed by atoms with van der Waals surface area (Å²) in [5, 5.41) is 9.50. The Morgan fingerprint density at radius 2 is 1.62 bits per heavy atom. The lowest BCUT2D eigenvalue weighted by Gasteiger charge is -2.21. The normalized spacial score (nSPS) is 10.8. The number of benzene rings is 3. The van der Waals surface area contributed by atoms with Crippen LogP contribution in [-0.2, 0) is 11.3 Å². The third-order valence-electron chi connectivity index (χ3n) is 5.48. The molecule has 1 amide bonds. The van der Waals surface area contributed by atoms with Gasteiger partial charge in [0.15, 0.2) is 0 Å². The molecular weight excluding hydrogens is 400 g/mol. The molecule has 6 heteroatoms. The predicted octanol–water partition coefficient (Wildman–Crippen LogP) is 4.55.